The monoisotopic (exact) mass is 542 g/mol. The second kappa shape index (κ2) is 11.6. The zero-order valence-electron chi connectivity index (χ0n) is 20.1. The van der Waals surface area contributed by atoms with E-state index >= 15 is 0 Å². The van der Waals surface area contributed by atoms with Gasteiger partial charge in [0.1, 0.15) is 24.2 Å². The summed E-state index contributed by atoms with van der Waals surface area (Å²) < 4.78 is 79.8. The lowest BCUT2D eigenvalue weighted by Gasteiger charge is -2.37. The second-order valence-corrected chi connectivity index (χ2v) is 11.2. The van der Waals surface area contributed by atoms with E-state index < -0.39 is 27.7 Å². The van der Waals surface area contributed by atoms with E-state index in [2.05, 4.69) is 4.74 Å². The summed E-state index contributed by atoms with van der Waals surface area (Å²) in [6.07, 6.45) is -3.85. The van der Waals surface area contributed by atoms with Crippen LogP contribution >= 0.6 is 0 Å². The zero-order valence-corrected chi connectivity index (χ0v) is 20.9. The van der Waals surface area contributed by atoms with Gasteiger partial charge in [-0.3, -0.25) is 0 Å². The molecule has 202 valence electrons. The minimum Gasteiger partial charge on any atom is -0.490 e. The first kappa shape index (κ1) is 27.1. The molecular weight excluding hydrogens is 513 g/mol. The minimum absolute atomic E-state index is 0.167. The summed E-state index contributed by atoms with van der Waals surface area (Å²) in [6, 6.07) is 14.5. The number of ether oxygens (including phenoxy) is 3. The van der Waals surface area contributed by atoms with Gasteiger partial charge in [0, 0.05) is 26.2 Å². The van der Waals surface area contributed by atoms with Crippen LogP contribution in [-0.2, 0) is 21.4 Å². The van der Waals surface area contributed by atoms with Gasteiger partial charge in [-0.05, 0) is 55.5 Å². The van der Waals surface area contributed by atoms with E-state index in [1.165, 1.54) is 28.6 Å². The molecular formula is C25H29F3N2O6S. The number of hydrogen-bond acceptors (Lipinski definition) is 6. The van der Waals surface area contributed by atoms with E-state index in [1.54, 1.807) is 4.90 Å². The number of carbonyl (C=O) groups excluding carboxylic acids is 1. The molecule has 0 N–H and O–H groups in total. The van der Waals surface area contributed by atoms with E-state index in [0.29, 0.717) is 57.6 Å². The highest BCUT2D eigenvalue weighted by molar-refractivity contribution is 7.89. The number of piperidine rings is 2. The largest absolute Gasteiger partial charge is 0.573 e. The molecule has 2 aromatic carbocycles. The molecule has 0 atom stereocenters. The van der Waals surface area contributed by atoms with E-state index in [-0.39, 0.29) is 18.5 Å². The smallest absolute Gasteiger partial charge is 0.490 e. The van der Waals surface area contributed by atoms with Gasteiger partial charge in [0.25, 0.3) is 0 Å². The van der Waals surface area contributed by atoms with Crippen LogP contribution in [0.2, 0.25) is 0 Å². The Balaban J connectivity index is 1.21. The molecule has 2 aromatic rings. The van der Waals surface area contributed by atoms with Crippen LogP contribution in [-0.4, -0.2) is 67.6 Å². The fraction of sp³-hybridized carbons (Fsp3) is 0.480. The SMILES string of the molecule is O=C(OCc1ccccc1)N1CCC(S(=O)(=O)N2CCC(Oc3ccc(OC(F)(F)F)cc3)CC2)CC1. The maximum atomic E-state index is 13.2. The Labute approximate surface area is 214 Å². The first-order valence-corrected chi connectivity index (χ1v) is 13.6. The van der Waals surface area contributed by atoms with Gasteiger partial charge in [-0.15, -0.1) is 13.2 Å². The number of likely N-dealkylation sites (tertiary alicyclic amines) is 1. The number of rotatable bonds is 7. The lowest BCUT2D eigenvalue weighted by molar-refractivity contribution is -0.274. The summed E-state index contributed by atoms with van der Waals surface area (Å²) >= 11 is 0. The summed E-state index contributed by atoms with van der Waals surface area (Å²) in [7, 11) is -3.53. The Morgan fingerprint density at radius 1 is 0.865 bits per heavy atom. The van der Waals surface area contributed by atoms with Crippen LogP contribution in [0, 0.1) is 0 Å². The Hall–Kier alpha value is -2.99. The van der Waals surface area contributed by atoms with E-state index in [9.17, 15) is 26.4 Å². The van der Waals surface area contributed by atoms with Crippen molar-refractivity contribution in [2.45, 2.75) is 50.0 Å². The fourth-order valence-corrected chi connectivity index (χ4v) is 6.42. The summed E-state index contributed by atoms with van der Waals surface area (Å²) in [5.74, 6) is 0.0543. The van der Waals surface area contributed by atoms with Crippen molar-refractivity contribution in [2.75, 3.05) is 26.2 Å². The first-order chi connectivity index (χ1) is 17.6. The topological polar surface area (TPSA) is 85.4 Å². The van der Waals surface area contributed by atoms with Gasteiger partial charge < -0.3 is 19.1 Å². The van der Waals surface area contributed by atoms with Crippen LogP contribution in [0.25, 0.3) is 0 Å². The number of carbonyl (C=O) groups is 1. The summed E-state index contributed by atoms with van der Waals surface area (Å²) in [6.45, 7) is 1.37. The maximum Gasteiger partial charge on any atom is 0.573 e. The van der Waals surface area contributed by atoms with Crippen LogP contribution in [0.1, 0.15) is 31.2 Å². The van der Waals surface area contributed by atoms with Gasteiger partial charge in [0.05, 0.1) is 5.25 Å². The molecule has 0 spiro atoms. The minimum atomic E-state index is -4.76. The molecule has 2 heterocycles. The highest BCUT2D eigenvalue weighted by Crippen LogP contribution is 2.28. The van der Waals surface area contributed by atoms with Crippen LogP contribution in [0.4, 0.5) is 18.0 Å². The third kappa shape index (κ3) is 7.51. The number of hydrogen-bond donors (Lipinski definition) is 0. The highest BCUT2D eigenvalue weighted by Gasteiger charge is 2.38. The molecule has 1 amide bonds. The van der Waals surface area contributed by atoms with E-state index in [4.69, 9.17) is 9.47 Å². The molecule has 2 aliphatic heterocycles. The second-order valence-electron chi connectivity index (χ2n) is 9.01. The molecule has 0 bridgehead atoms. The number of alkyl halides is 3. The summed E-state index contributed by atoms with van der Waals surface area (Å²) in [5.41, 5.74) is 0.883. The Kier molecular flexibility index (Phi) is 8.48. The molecule has 4 rings (SSSR count). The Morgan fingerprint density at radius 3 is 2.05 bits per heavy atom. The summed E-state index contributed by atoms with van der Waals surface area (Å²) in [4.78, 5) is 13.9. The molecule has 0 aromatic heterocycles. The number of benzene rings is 2. The molecule has 2 fully saturated rings. The average molecular weight is 543 g/mol. The summed E-state index contributed by atoms with van der Waals surface area (Å²) in [5, 5.41) is -0.565. The molecule has 0 saturated carbocycles. The number of halogens is 3. The molecule has 2 aliphatic rings. The van der Waals surface area contributed by atoms with E-state index in [1.807, 2.05) is 30.3 Å². The molecule has 0 unspecified atom stereocenters. The van der Waals surface area contributed by atoms with Gasteiger partial charge in [-0.1, -0.05) is 30.3 Å². The van der Waals surface area contributed by atoms with Crippen molar-refractivity contribution in [3.05, 3.63) is 60.2 Å². The fourth-order valence-electron chi connectivity index (χ4n) is 4.47. The van der Waals surface area contributed by atoms with Crippen molar-refractivity contribution < 1.29 is 40.6 Å². The van der Waals surface area contributed by atoms with Crippen molar-refractivity contribution in [1.29, 1.82) is 0 Å². The van der Waals surface area contributed by atoms with Crippen molar-refractivity contribution in [2.24, 2.45) is 0 Å². The standard InChI is InChI=1S/C25H29F3N2O6S/c26-25(27,28)36-22-8-6-20(7-9-22)35-21-10-16-30(17-11-21)37(32,33)23-12-14-29(15-13-23)24(31)34-18-19-4-2-1-3-5-19/h1-9,21,23H,10-18H2. The number of amides is 1. The molecule has 2 saturated heterocycles. The maximum absolute atomic E-state index is 13.2. The third-order valence-corrected chi connectivity index (χ3v) is 8.85. The first-order valence-electron chi connectivity index (χ1n) is 12.1. The third-order valence-electron chi connectivity index (χ3n) is 6.45. The van der Waals surface area contributed by atoms with Gasteiger partial charge in [0.15, 0.2) is 0 Å². The van der Waals surface area contributed by atoms with Gasteiger partial charge in [-0.25, -0.2) is 17.5 Å². The Morgan fingerprint density at radius 2 is 1.46 bits per heavy atom. The molecule has 12 heteroatoms. The van der Waals surface area contributed by atoms with Crippen LogP contribution in [0.15, 0.2) is 54.6 Å². The lowest BCUT2D eigenvalue weighted by Crippen LogP contribution is -2.49. The van der Waals surface area contributed by atoms with Crippen LogP contribution < -0.4 is 9.47 Å². The average Bonchev–Trinajstić information content (AvgIpc) is 2.88. The molecule has 0 radical (unpaired) electrons. The zero-order chi connectivity index (χ0) is 26.5. The van der Waals surface area contributed by atoms with Crippen molar-refractivity contribution >= 4 is 16.1 Å². The number of nitrogens with zero attached hydrogens (tertiary/aromatic N) is 2. The predicted molar refractivity (Wildman–Crippen MR) is 128 cm³/mol. The van der Waals surface area contributed by atoms with Crippen molar-refractivity contribution in [3.63, 3.8) is 0 Å². The molecule has 37 heavy (non-hydrogen) atoms. The number of sulfonamides is 1. The van der Waals surface area contributed by atoms with Gasteiger partial charge >= 0.3 is 12.5 Å². The normalized spacial score (nSPS) is 18.4. The van der Waals surface area contributed by atoms with Crippen molar-refractivity contribution in [1.82, 2.24) is 9.21 Å². The Bertz CT molecular complexity index is 1130. The van der Waals surface area contributed by atoms with Gasteiger partial charge in [0.2, 0.25) is 10.0 Å². The molecule has 8 nitrogen and oxygen atoms in total. The highest BCUT2D eigenvalue weighted by atomic mass is 32.2. The van der Waals surface area contributed by atoms with Crippen LogP contribution in [0.5, 0.6) is 11.5 Å². The quantitative estimate of drug-likeness (QED) is 0.510. The van der Waals surface area contributed by atoms with Crippen LogP contribution in [0.3, 0.4) is 0 Å². The molecule has 0 aliphatic carbocycles. The lowest BCUT2D eigenvalue weighted by atomic mass is 10.1. The van der Waals surface area contributed by atoms with E-state index in [0.717, 1.165) is 5.56 Å². The van der Waals surface area contributed by atoms with Crippen molar-refractivity contribution in [3.8, 4) is 11.5 Å². The predicted octanol–water partition coefficient (Wildman–Crippen LogP) is 4.56. The van der Waals surface area contributed by atoms with Gasteiger partial charge in [-0.2, -0.15) is 0 Å².